The van der Waals surface area contributed by atoms with E-state index in [-0.39, 0.29) is 0 Å². The van der Waals surface area contributed by atoms with Crippen LogP contribution in [0.4, 0.5) is 5.69 Å². The number of hydrogen-bond acceptors (Lipinski definition) is 5. The summed E-state index contributed by atoms with van der Waals surface area (Å²) in [7, 11) is 0. The van der Waals surface area contributed by atoms with Gasteiger partial charge in [-0.1, -0.05) is 30.0 Å². The molecule has 0 bridgehead atoms. The molecule has 5 nitrogen and oxygen atoms in total. The number of amidine groups is 1. The van der Waals surface area contributed by atoms with Crippen LogP contribution in [-0.2, 0) is 11.3 Å². The van der Waals surface area contributed by atoms with E-state index in [1.807, 2.05) is 30.6 Å². The molecule has 6 heteroatoms. The summed E-state index contributed by atoms with van der Waals surface area (Å²) in [6.45, 7) is 4.33. The number of ether oxygens (including phenoxy) is 1. The molecule has 0 radical (unpaired) electrons. The van der Waals surface area contributed by atoms with Crippen LogP contribution in [0.3, 0.4) is 0 Å². The first-order valence-electron chi connectivity index (χ1n) is 6.49. The van der Waals surface area contributed by atoms with E-state index < -0.39 is 0 Å². The molecule has 0 atom stereocenters. The van der Waals surface area contributed by atoms with Gasteiger partial charge in [-0.25, -0.2) is 4.99 Å². The number of hydrogen-bond donors (Lipinski definition) is 1. The summed E-state index contributed by atoms with van der Waals surface area (Å²) >= 11 is 1.43. The maximum atomic E-state index is 8.70. The van der Waals surface area contributed by atoms with Gasteiger partial charge in [-0.2, -0.15) is 5.26 Å². The first-order chi connectivity index (χ1) is 9.83. The van der Waals surface area contributed by atoms with E-state index in [4.69, 9.17) is 10.00 Å². The highest BCUT2D eigenvalue weighted by atomic mass is 32.2. The number of thioether (sulfide) groups is 1. The molecule has 1 aliphatic rings. The van der Waals surface area contributed by atoms with Crippen LogP contribution in [-0.4, -0.2) is 42.6 Å². The topological polar surface area (TPSA) is 60.6 Å². The van der Waals surface area contributed by atoms with E-state index in [1.165, 1.54) is 17.3 Å². The van der Waals surface area contributed by atoms with Crippen molar-refractivity contribution in [2.45, 2.75) is 6.54 Å². The van der Waals surface area contributed by atoms with Gasteiger partial charge >= 0.3 is 0 Å². The lowest BCUT2D eigenvalue weighted by molar-refractivity contribution is 0.0342. The summed E-state index contributed by atoms with van der Waals surface area (Å²) in [4.78, 5) is 6.88. The normalized spacial score (nSPS) is 16.7. The van der Waals surface area contributed by atoms with E-state index in [1.54, 1.807) is 0 Å². The zero-order valence-corrected chi connectivity index (χ0v) is 12.3. The van der Waals surface area contributed by atoms with Crippen LogP contribution in [0.15, 0.2) is 29.3 Å². The molecule has 1 fully saturated rings. The van der Waals surface area contributed by atoms with Crippen molar-refractivity contribution in [1.29, 1.82) is 5.26 Å². The van der Waals surface area contributed by atoms with Gasteiger partial charge in [-0.05, 0) is 17.9 Å². The second-order valence-corrected chi connectivity index (χ2v) is 5.17. The Morgan fingerprint density at radius 2 is 2.20 bits per heavy atom. The third-order valence-corrected chi connectivity index (χ3v) is 3.65. The fourth-order valence-electron chi connectivity index (χ4n) is 2.04. The van der Waals surface area contributed by atoms with E-state index in [0.717, 1.165) is 38.5 Å². The van der Waals surface area contributed by atoms with Crippen molar-refractivity contribution in [2.75, 3.05) is 32.6 Å². The minimum Gasteiger partial charge on any atom is -0.379 e. The largest absolute Gasteiger partial charge is 0.379 e. The molecule has 0 aliphatic carbocycles. The summed E-state index contributed by atoms with van der Waals surface area (Å²) < 4.78 is 5.36. The second kappa shape index (κ2) is 7.90. The first-order valence-corrected chi connectivity index (χ1v) is 7.71. The Morgan fingerprint density at radius 1 is 1.45 bits per heavy atom. The van der Waals surface area contributed by atoms with Gasteiger partial charge in [0.2, 0.25) is 0 Å². The maximum Gasteiger partial charge on any atom is 0.183 e. The van der Waals surface area contributed by atoms with Crippen LogP contribution in [0.1, 0.15) is 5.56 Å². The fourth-order valence-corrected chi connectivity index (χ4v) is 2.37. The molecule has 0 amide bonds. The molecule has 0 saturated carbocycles. The molecular weight excluding hydrogens is 272 g/mol. The first kappa shape index (κ1) is 14.9. The van der Waals surface area contributed by atoms with Crippen molar-refractivity contribution in [1.82, 2.24) is 10.2 Å². The second-order valence-electron chi connectivity index (χ2n) is 4.38. The molecule has 0 aromatic heterocycles. The van der Waals surface area contributed by atoms with Gasteiger partial charge in [0.1, 0.15) is 0 Å². The third kappa shape index (κ3) is 4.23. The van der Waals surface area contributed by atoms with Crippen molar-refractivity contribution in [3.63, 3.8) is 0 Å². The summed E-state index contributed by atoms with van der Waals surface area (Å²) in [6, 6.07) is 8.04. The number of nitrogens with zero attached hydrogens (tertiary/aromatic N) is 3. The quantitative estimate of drug-likeness (QED) is 0.399. The average molecular weight is 290 g/mol. The molecule has 1 aromatic rings. The zero-order valence-electron chi connectivity index (χ0n) is 11.5. The number of nitrogens with one attached hydrogen (secondary N) is 1. The van der Waals surface area contributed by atoms with Gasteiger partial charge in [0.05, 0.1) is 18.9 Å². The van der Waals surface area contributed by atoms with Crippen molar-refractivity contribution in [3.8, 4) is 6.19 Å². The maximum absolute atomic E-state index is 8.70. The van der Waals surface area contributed by atoms with Crippen molar-refractivity contribution < 1.29 is 4.74 Å². The minimum atomic E-state index is 0.613. The minimum absolute atomic E-state index is 0.613. The summed E-state index contributed by atoms with van der Waals surface area (Å²) in [6.07, 6.45) is 3.81. The summed E-state index contributed by atoms with van der Waals surface area (Å²) in [5.74, 6) is 0. The highest BCUT2D eigenvalue weighted by Crippen LogP contribution is 2.22. The van der Waals surface area contributed by atoms with Gasteiger partial charge in [0, 0.05) is 19.6 Å². The number of rotatable bonds is 3. The molecular formula is C14H18N4OS. The number of aliphatic imine (C=N–C) groups is 1. The van der Waals surface area contributed by atoms with Crippen molar-refractivity contribution in [2.24, 2.45) is 4.99 Å². The van der Waals surface area contributed by atoms with Gasteiger partial charge in [0.25, 0.3) is 0 Å². The average Bonchev–Trinajstić information content (AvgIpc) is 2.49. The Labute approximate surface area is 123 Å². The van der Waals surface area contributed by atoms with Crippen LogP contribution in [0.2, 0.25) is 0 Å². The molecule has 0 unspecified atom stereocenters. The predicted molar refractivity (Wildman–Crippen MR) is 81.9 cm³/mol. The number of morpholine rings is 1. The van der Waals surface area contributed by atoms with Crippen LogP contribution in [0.5, 0.6) is 0 Å². The number of nitriles is 1. The number of para-hydroxylation sites is 1. The van der Waals surface area contributed by atoms with Gasteiger partial charge < -0.3 is 4.74 Å². The van der Waals surface area contributed by atoms with Gasteiger partial charge in [-0.3, -0.25) is 10.2 Å². The van der Waals surface area contributed by atoms with Crippen LogP contribution >= 0.6 is 11.8 Å². The van der Waals surface area contributed by atoms with E-state index >= 15 is 0 Å². The van der Waals surface area contributed by atoms with Crippen LogP contribution < -0.4 is 5.32 Å². The lowest BCUT2D eigenvalue weighted by Crippen LogP contribution is -2.35. The molecule has 106 valence electrons. The van der Waals surface area contributed by atoms with Gasteiger partial charge in [-0.15, -0.1) is 0 Å². The van der Waals surface area contributed by atoms with E-state index in [9.17, 15) is 0 Å². The zero-order chi connectivity index (χ0) is 14.2. The molecule has 0 spiro atoms. The Bertz CT molecular complexity index is 506. The lowest BCUT2D eigenvalue weighted by Gasteiger charge is -2.27. The number of benzene rings is 1. The standard InChI is InChI=1S/C14H18N4OS/c1-20-14(16-11-15)17-13-5-3-2-4-12(13)10-18-6-8-19-9-7-18/h2-5H,6-10H2,1H3,(H,16,17). The Morgan fingerprint density at radius 3 is 2.90 bits per heavy atom. The third-order valence-electron chi connectivity index (χ3n) is 3.07. The van der Waals surface area contributed by atoms with E-state index in [2.05, 4.69) is 21.3 Å². The highest BCUT2D eigenvalue weighted by Gasteiger charge is 2.12. The smallest absolute Gasteiger partial charge is 0.183 e. The molecule has 1 N–H and O–H groups in total. The Balaban J connectivity index is 2.15. The lowest BCUT2D eigenvalue weighted by atomic mass is 10.1. The predicted octanol–water partition coefficient (Wildman–Crippen LogP) is 1.94. The molecule has 1 heterocycles. The fraction of sp³-hybridized carbons (Fsp3) is 0.429. The Kier molecular flexibility index (Phi) is 5.87. The van der Waals surface area contributed by atoms with Crippen molar-refractivity contribution >= 4 is 22.6 Å². The molecule has 2 rings (SSSR count). The Hall–Kier alpha value is -1.55. The van der Waals surface area contributed by atoms with E-state index in [0.29, 0.717) is 5.17 Å². The van der Waals surface area contributed by atoms with Crippen LogP contribution in [0.25, 0.3) is 0 Å². The monoisotopic (exact) mass is 290 g/mol. The summed E-state index contributed by atoms with van der Waals surface area (Å²) in [5, 5.41) is 11.9. The van der Waals surface area contributed by atoms with Crippen molar-refractivity contribution in [3.05, 3.63) is 29.8 Å². The SMILES string of the molecule is CSC(=Nc1ccccc1CN1CCOCC1)NC#N. The molecule has 20 heavy (non-hydrogen) atoms. The molecule has 1 aliphatic heterocycles. The molecule has 1 saturated heterocycles. The highest BCUT2D eigenvalue weighted by molar-refractivity contribution is 8.13. The van der Waals surface area contributed by atoms with Gasteiger partial charge in [0.15, 0.2) is 11.4 Å². The summed E-state index contributed by atoms with van der Waals surface area (Å²) in [5.41, 5.74) is 2.08. The molecule has 1 aromatic carbocycles. The van der Waals surface area contributed by atoms with Crippen LogP contribution in [0, 0.1) is 11.5 Å².